The van der Waals surface area contributed by atoms with Gasteiger partial charge >= 0.3 is 0 Å². The standard InChI is InChI=1S/C16H18N2OS/c1-3-9-17-15(19)11-14-12(2)18-16(20-14)10-13-7-5-4-6-8-13/h3-8H,1,9-11H2,2H3,(H,17,19). The Bertz CT molecular complexity index is 590. The minimum absolute atomic E-state index is 0.0166. The van der Waals surface area contributed by atoms with Crippen LogP contribution in [0.4, 0.5) is 0 Å². The SMILES string of the molecule is C=CCNC(=O)Cc1sc(Cc2ccccc2)nc1C. The highest BCUT2D eigenvalue weighted by Crippen LogP contribution is 2.21. The van der Waals surface area contributed by atoms with Crippen molar-refractivity contribution in [1.82, 2.24) is 10.3 Å². The smallest absolute Gasteiger partial charge is 0.225 e. The van der Waals surface area contributed by atoms with Crippen LogP contribution in [0.3, 0.4) is 0 Å². The molecule has 1 aromatic heterocycles. The van der Waals surface area contributed by atoms with Crippen LogP contribution < -0.4 is 5.32 Å². The molecular formula is C16H18N2OS. The van der Waals surface area contributed by atoms with E-state index in [0.717, 1.165) is 22.0 Å². The number of amides is 1. The van der Waals surface area contributed by atoms with Crippen LogP contribution in [0, 0.1) is 6.92 Å². The lowest BCUT2D eigenvalue weighted by atomic mass is 10.2. The molecule has 0 bridgehead atoms. The molecule has 0 spiro atoms. The first-order valence-corrected chi connectivity index (χ1v) is 7.37. The van der Waals surface area contributed by atoms with Gasteiger partial charge in [0.25, 0.3) is 0 Å². The molecule has 4 heteroatoms. The summed E-state index contributed by atoms with van der Waals surface area (Å²) >= 11 is 1.62. The first kappa shape index (κ1) is 14.5. The van der Waals surface area contributed by atoms with Gasteiger partial charge in [-0.3, -0.25) is 4.79 Å². The Morgan fingerprint density at radius 3 is 2.85 bits per heavy atom. The monoisotopic (exact) mass is 286 g/mol. The number of aromatic nitrogens is 1. The topological polar surface area (TPSA) is 42.0 Å². The van der Waals surface area contributed by atoms with E-state index in [0.29, 0.717) is 13.0 Å². The molecule has 104 valence electrons. The van der Waals surface area contributed by atoms with E-state index in [-0.39, 0.29) is 5.91 Å². The fourth-order valence-corrected chi connectivity index (χ4v) is 3.00. The quantitative estimate of drug-likeness (QED) is 0.830. The van der Waals surface area contributed by atoms with E-state index in [1.807, 2.05) is 25.1 Å². The zero-order valence-corrected chi connectivity index (χ0v) is 12.4. The average molecular weight is 286 g/mol. The highest BCUT2D eigenvalue weighted by atomic mass is 32.1. The first-order valence-electron chi connectivity index (χ1n) is 6.55. The van der Waals surface area contributed by atoms with E-state index in [1.165, 1.54) is 5.56 Å². The predicted octanol–water partition coefficient (Wildman–Crippen LogP) is 2.89. The molecular weight excluding hydrogens is 268 g/mol. The number of nitrogens with one attached hydrogen (secondary N) is 1. The van der Waals surface area contributed by atoms with Crippen molar-refractivity contribution < 1.29 is 4.79 Å². The van der Waals surface area contributed by atoms with E-state index in [1.54, 1.807) is 17.4 Å². The Labute approximate surface area is 123 Å². The van der Waals surface area contributed by atoms with Crippen molar-refractivity contribution in [3.05, 3.63) is 64.1 Å². The molecule has 0 radical (unpaired) electrons. The third-order valence-corrected chi connectivity index (χ3v) is 4.06. The lowest BCUT2D eigenvalue weighted by Crippen LogP contribution is -2.24. The normalized spacial score (nSPS) is 10.2. The Morgan fingerprint density at radius 1 is 1.40 bits per heavy atom. The third kappa shape index (κ3) is 4.03. The minimum Gasteiger partial charge on any atom is -0.352 e. The van der Waals surface area contributed by atoms with Crippen LogP contribution >= 0.6 is 11.3 Å². The summed E-state index contributed by atoms with van der Waals surface area (Å²) in [7, 11) is 0. The van der Waals surface area contributed by atoms with Gasteiger partial charge < -0.3 is 5.32 Å². The van der Waals surface area contributed by atoms with Crippen molar-refractivity contribution in [3.63, 3.8) is 0 Å². The average Bonchev–Trinajstić information content (AvgIpc) is 2.77. The molecule has 0 saturated heterocycles. The zero-order chi connectivity index (χ0) is 14.4. The van der Waals surface area contributed by atoms with Gasteiger partial charge in [0.15, 0.2) is 0 Å². The Hall–Kier alpha value is -1.94. The number of thiazole rings is 1. The molecule has 1 heterocycles. The van der Waals surface area contributed by atoms with Crippen molar-refractivity contribution in [2.75, 3.05) is 6.54 Å². The van der Waals surface area contributed by atoms with Crippen LogP contribution in [0.25, 0.3) is 0 Å². The maximum absolute atomic E-state index is 11.7. The fraction of sp³-hybridized carbons (Fsp3) is 0.250. The summed E-state index contributed by atoms with van der Waals surface area (Å²) in [6, 6.07) is 10.2. The number of hydrogen-bond acceptors (Lipinski definition) is 3. The zero-order valence-electron chi connectivity index (χ0n) is 11.6. The van der Waals surface area contributed by atoms with Gasteiger partial charge in [-0.2, -0.15) is 0 Å². The molecule has 1 N–H and O–H groups in total. The maximum Gasteiger partial charge on any atom is 0.225 e. The van der Waals surface area contributed by atoms with Crippen LogP contribution in [0.15, 0.2) is 43.0 Å². The first-order chi connectivity index (χ1) is 9.69. The van der Waals surface area contributed by atoms with Crippen molar-refractivity contribution >= 4 is 17.2 Å². The van der Waals surface area contributed by atoms with E-state index in [9.17, 15) is 4.79 Å². The van der Waals surface area contributed by atoms with Crippen LogP contribution in [0.2, 0.25) is 0 Å². The molecule has 0 aliphatic carbocycles. The van der Waals surface area contributed by atoms with Crippen molar-refractivity contribution in [2.45, 2.75) is 19.8 Å². The molecule has 1 amide bonds. The molecule has 0 saturated carbocycles. The number of benzene rings is 1. The Kier molecular flexibility index (Phi) is 5.07. The van der Waals surface area contributed by atoms with Gasteiger partial charge in [0.2, 0.25) is 5.91 Å². The van der Waals surface area contributed by atoms with Gasteiger partial charge in [-0.1, -0.05) is 36.4 Å². The van der Waals surface area contributed by atoms with Gasteiger partial charge in [0, 0.05) is 17.8 Å². The van der Waals surface area contributed by atoms with Gasteiger partial charge in [-0.25, -0.2) is 4.98 Å². The van der Waals surface area contributed by atoms with Gasteiger partial charge in [-0.05, 0) is 12.5 Å². The Balaban J connectivity index is 2.02. The van der Waals surface area contributed by atoms with E-state index in [2.05, 4.69) is 29.0 Å². The molecule has 0 aliphatic heterocycles. The number of nitrogens with zero attached hydrogens (tertiary/aromatic N) is 1. The van der Waals surface area contributed by atoms with Gasteiger partial charge in [0.1, 0.15) is 0 Å². The molecule has 0 unspecified atom stereocenters. The summed E-state index contributed by atoms with van der Waals surface area (Å²) in [4.78, 5) is 17.3. The van der Waals surface area contributed by atoms with Crippen LogP contribution in [0.1, 0.15) is 21.1 Å². The van der Waals surface area contributed by atoms with Crippen LogP contribution in [-0.4, -0.2) is 17.4 Å². The summed E-state index contributed by atoms with van der Waals surface area (Å²) in [5.41, 5.74) is 2.19. The summed E-state index contributed by atoms with van der Waals surface area (Å²) in [6.07, 6.45) is 2.89. The highest BCUT2D eigenvalue weighted by molar-refractivity contribution is 7.11. The molecule has 0 atom stereocenters. The second-order valence-electron chi connectivity index (χ2n) is 4.55. The molecule has 0 fully saturated rings. The maximum atomic E-state index is 11.7. The third-order valence-electron chi connectivity index (χ3n) is 2.90. The number of carbonyl (C=O) groups excluding carboxylic acids is 1. The second-order valence-corrected chi connectivity index (χ2v) is 5.72. The number of hydrogen-bond donors (Lipinski definition) is 1. The van der Waals surface area contributed by atoms with E-state index >= 15 is 0 Å². The Morgan fingerprint density at radius 2 is 2.15 bits per heavy atom. The van der Waals surface area contributed by atoms with Crippen molar-refractivity contribution in [3.8, 4) is 0 Å². The molecule has 0 aliphatic rings. The fourth-order valence-electron chi connectivity index (χ4n) is 1.89. The van der Waals surface area contributed by atoms with Crippen molar-refractivity contribution in [1.29, 1.82) is 0 Å². The minimum atomic E-state index is 0.0166. The molecule has 20 heavy (non-hydrogen) atoms. The molecule has 2 aromatic rings. The van der Waals surface area contributed by atoms with Crippen molar-refractivity contribution in [2.24, 2.45) is 0 Å². The lowest BCUT2D eigenvalue weighted by Gasteiger charge is -2.00. The van der Waals surface area contributed by atoms with E-state index in [4.69, 9.17) is 0 Å². The molecule has 2 rings (SSSR count). The predicted molar refractivity (Wildman–Crippen MR) is 83.0 cm³/mol. The van der Waals surface area contributed by atoms with Crippen LogP contribution in [0.5, 0.6) is 0 Å². The number of aryl methyl sites for hydroxylation is 1. The molecule has 1 aromatic carbocycles. The second kappa shape index (κ2) is 7.01. The van der Waals surface area contributed by atoms with E-state index < -0.39 is 0 Å². The lowest BCUT2D eigenvalue weighted by molar-refractivity contribution is -0.120. The summed E-state index contributed by atoms with van der Waals surface area (Å²) in [6.45, 7) is 6.05. The number of carbonyl (C=O) groups is 1. The summed E-state index contributed by atoms with van der Waals surface area (Å²) in [5.74, 6) is 0.0166. The number of rotatable bonds is 6. The summed E-state index contributed by atoms with van der Waals surface area (Å²) in [5, 5.41) is 3.84. The van der Waals surface area contributed by atoms with Gasteiger partial charge in [0.05, 0.1) is 17.1 Å². The highest BCUT2D eigenvalue weighted by Gasteiger charge is 2.11. The van der Waals surface area contributed by atoms with Crippen LogP contribution in [-0.2, 0) is 17.6 Å². The molecule has 3 nitrogen and oxygen atoms in total. The van der Waals surface area contributed by atoms with Gasteiger partial charge in [-0.15, -0.1) is 17.9 Å². The largest absolute Gasteiger partial charge is 0.352 e. The summed E-state index contributed by atoms with van der Waals surface area (Å²) < 4.78 is 0.